The van der Waals surface area contributed by atoms with Crippen molar-refractivity contribution in [3.8, 4) is 0 Å². The second kappa shape index (κ2) is 14.0. The predicted molar refractivity (Wildman–Crippen MR) is 83.0 cm³/mol. The van der Waals surface area contributed by atoms with Gasteiger partial charge < -0.3 is 14.4 Å². The van der Waals surface area contributed by atoms with Gasteiger partial charge >= 0.3 is 64.8 Å². The van der Waals surface area contributed by atoms with Crippen molar-refractivity contribution in [1.29, 1.82) is 0 Å². The molecule has 0 saturated heterocycles. The number of hydrogen-bond donors (Lipinski definition) is 0. The second-order valence-electron chi connectivity index (χ2n) is 5.80. The van der Waals surface area contributed by atoms with Gasteiger partial charge in [0.1, 0.15) is 0 Å². The van der Waals surface area contributed by atoms with Gasteiger partial charge in [0.25, 0.3) is 0 Å². The van der Waals surface area contributed by atoms with Crippen LogP contribution >= 0.6 is 7.60 Å². The Balaban J connectivity index is -0.00000242. The number of rotatable bonds is 9. The van der Waals surface area contributed by atoms with Crippen molar-refractivity contribution in [3.63, 3.8) is 0 Å². The molecule has 0 aromatic heterocycles. The van der Waals surface area contributed by atoms with Crippen LogP contribution in [0.5, 0.6) is 0 Å². The molecule has 0 aromatic carbocycles. The summed E-state index contributed by atoms with van der Waals surface area (Å²) in [7, 11) is -6.29. The second-order valence-corrected chi connectivity index (χ2v) is 7.36. The molecule has 0 fully saturated rings. The van der Waals surface area contributed by atoms with Gasteiger partial charge in [-0.3, -0.25) is 4.79 Å². The summed E-state index contributed by atoms with van der Waals surface area (Å²) in [6.07, 6.45) is 7.30. The molecule has 0 atom stereocenters. The summed E-state index contributed by atoms with van der Waals surface area (Å²) in [6, 6.07) is 0. The van der Waals surface area contributed by atoms with Crippen LogP contribution in [-0.4, -0.2) is 11.4 Å². The standard InChI is InChI=1S/C16H25F2O4P.2Na/c1-12(2)7-5-8-13(3)9-6-10-14(4)11-15(19)16(17,18)23(20,21)22;;/h7,9,11H,5-6,8,10H2,1-4H3,(H2,20,21,22);;/q;2*+1/p-2. The van der Waals surface area contributed by atoms with E-state index >= 15 is 0 Å². The minimum Gasteiger partial charge on any atom is -0.806 e. The zero-order valence-corrected chi connectivity index (χ0v) is 20.8. The van der Waals surface area contributed by atoms with Crippen LogP contribution in [0, 0.1) is 0 Å². The van der Waals surface area contributed by atoms with Crippen molar-refractivity contribution < 1.29 is 87.0 Å². The number of hydrogen-bond acceptors (Lipinski definition) is 4. The van der Waals surface area contributed by atoms with Crippen LogP contribution in [0.3, 0.4) is 0 Å². The van der Waals surface area contributed by atoms with Crippen molar-refractivity contribution in [2.75, 3.05) is 0 Å². The first-order chi connectivity index (χ1) is 10.4. The summed E-state index contributed by atoms with van der Waals surface area (Å²) in [5.74, 6) is -1.98. The topological polar surface area (TPSA) is 80.3 Å². The number of carbonyl (C=O) groups is 1. The van der Waals surface area contributed by atoms with Gasteiger partial charge in [0.05, 0.1) is 0 Å². The Morgan fingerprint density at radius 2 is 1.40 bits per heavy atom. The van der Waals surface area contributed by atoms with Gasteiger partial charge in [-0.05, 0) is 59.5 Å². The molecule has 132 valence electrons. The minimum absolute atomic E-state index is 0. The fourth-order valence-corrected chi connectivity index (χ4v) is 2.09. The largest absolute Gasteiger partial charge is 1.00 e. The minimum atomic E-state index is -6.29. The normalized spacial score (nSPS) is 12.8. The number of halogens is 2. The van der Waals surface area contributed by atoms with Crippen molar-refractivity contribution in [3.05, 3.63) is 34.9 Å². The molecule has 0 aliphatic rings. The number of carbonyl (C=O) groups excluding carboxylic acids is 1. The Bertz CT molecular complexity index is 562. The van der Waals surface area contributed by atoms with E-state index in [4.69, 9.17) is 0 Å². The summed E-state index contributed by atoms with van der Waals surface area (Å²) >= 11 is 0. The molecule has 9 heteroatoms. The quantitative estimate of drug-likeness (QED) is 0.187. The van der Waals surface area contributed by atoms with Gasteiger partial charge in [-0.25, -0.2) is 0 Å². The van der Waals surface area contributed by atoms with Crippen LogP contribution in [0.15, 0.2) is 34.9 Å². The summed E-state index contributed by atoms with van der Waals surface area (Å²) in [5, 5.41) is 0. The molecule has 0 unspecified atom stereocenters. The van der Waals surface area contributed by atoms with Crippen molar-refractivity contribution in [2.45, 2.75) is 59.0 Å². The van der Waals surface area contributed by atoms with Crippen LogP contribution < -0.4 is 68.9 Å². The SMILES string of the molecule is CC(C)=CCCC(C)=CCCC(C)=CC(=O)C(F)(F)P(=O)([O-])[O-].[Na+].[Na+]. The van der Waals surface area contributed by atoms with E-state index in [0.717, 1.165) is 18.4 Å². The summed E-state index contributed by atoms with van der Waals surface area (Å²) in [6.45, 7) is 7.44. The maximum atomic E-state index is 13.0. The number of alkyl halides is 2. The molecule has 0 aromatic rings. The Morgan fingerprint density at radius 1 is 0.960 bits per heavy atom. The van der Waals surface area contributed by atoms with Gasteiger partial charge in [0, 0.05) is 7.60 Å². The van der Waals surface area contributed by atoms with Crippen molar-refractivity contribution >= 4 is 13.4 Å². The van der Waals surface area contributed by atoms with Crippen LogP contribution in [-0.2, 0) is 9.36 Å². The van der Waals surface area contributed by atoms with E-state index < -0.39 is 19.0 Å². The van der Waals surface area contributed by atoms with Crippen molar-refractivity contribution in [2.24, 2.45) is 0 Å². The molecule has 4 nitrogen and oxygen atoms in total. The van der Waals surface area contributed by atoms with E-state index in [1.807, 2.05) is 26.8 Å². The summed E-state index contributed by atoms with van der Waals surface area (Å²) in [4.78, 5) is 32.0. The molecule has 0 aliphatic heterocycles. The predicted octanol–water partition coefficient (Wildman–Crippen LogP) is -2.51. The van der Waals surface area contributed by atoms with E-state index in [9.17, 15) is 27.9 Å². The van der Waals surface area contributed by atoms with Crippen molar-refractivity contribution in [1.82, 2.24) is 0 Å². The molecular weight excluding hydrogens is 371 g/mol. The third-order valence-corrected chi connectivity index (χ3v) is 4.05. The van der Waals surface area contributed by atoms with Crippen LogP contribution in [0.25, 0.3) is 0 Å². The maximum Gasteiger partial charge on any atom is 1.00 e. The maximum absolute atomic E-state index is 13.0. The van der Waals surface area contributed by atoms with Gasteiger partial charge in [-0.2, -0.15) is 8.78 Å². The van der Waals surface area contributed by atoms with Gasteiger partial charge in [0.2, 0.25) is 5.78 Å². The van der Waals surface area contributed by atoms with Crippen LogP contribution in [0.1, 0.15) is 53.4 Å². The molecule has 0 bridgehead atoms. The summed E-state index contributed by atoms with van der Waals surface area (Å²) in [5.41, 5.74) is -2.19. The number of allylic oxidation sites excluding steroid dienone is 6. The first-order valence-electron chi connectivity index (χ1n) is 7.28. The van der Waals surface area contributed by atoms with Crippen LogP contribution in [0.4, 0.5) is 8.78 Å². The van der Waals surface area contributed by atoms with Gasteiger partial charge in [-0.1, -0.05) is 28.9 Å². The summed E-state index contributed by atoms with van der Waals surface area (Å²) < 4.78 is 36.5. The molecule has 0 N–H and O–H groups in total. The van der Waals surface area contributed by atoms with Crippen LogP contribution in [0.2, 0.25) is 0 Å². The Labute approximate surface area is 193 Å². The number of ketones is 1. The van der Waals surface area contributed by atoms with E-state index in [-0.39, 0.29) is 59.1 Å². The average molecular weight is 394 g/mol. The molecular formula is C16H23F2Na2O4P. The molecule has 0 radical (unpaired) electrons. The molecule has 0 spiro atoms. The molecule has 25 heavy (non-hydrogen) atoms. The monoisotopic (exact) mass is 394 g/mol. The van der Waals surface area contributed by atoms with E-state index in [0.29, 0.717) is 24.5 Å². The first-order valence-corrected chi connectivity index (χ1v) is 8.82. The molecule has 0 saturated carbocycles. The van der Waals surface area contributed by atoms with E-state index in [1.54, 1.807) is 0 Å². The Kier molecular flexibility index (Phi) is 17.1. The molecule has 0 amide bonds. The smallest absolute Gasteiger partial charge is 0.806 e. The molecule has 0 heterocycles. The van der Waals surface area contributed by atoms with E-state index in [1.165, 1.54) is 12.5 Å². The third kappa shape index (κ3) is 12.8. The first kappa shape index (κ1) is 30.6. The zero-order valence-electron chi connectivity index (χ0n) is 15.9. The van der Waals surface area contributed by atoms with Gasteiger partial charge in [-0.15, -0.1) is 0 Å². The Morgan fingerprint density at radius 3 is 1.84 bits per heavy atom. The third-order valence-electron chi connectivity index (χ3n) is 3.14. The fourth-order valence-electron chi connectivity index (χ4n) is 1.75. The average Bonchev–Trinajstić information content (AvgIpc) is 2.36. The van der Waals surface area contributed by atoms with E-state index in [2.05, 4.69) is 6.08 Å². The van der Waals surface area contributed by atoms with Gasteiger partial charge in [0.15, 0.2) is 0 Å². The fraction of sp³-hybridized carbons (Fsp3) is 0.562. The Hall–Kier alpha value is 0.900. The molecule has 0 aliphatic carbocycles. The zero-order chi connectivity index (χ0) is 18.3. The molecule has 0 rings (SSSR count).